The maximum Gasteiger partial charge on any atom is 0.260 e. The van der Waals surface area contributed by atoms with E-state index in [1.807, 2.05) is 0 Å². The minimum atomic E-state index is -3.96. The van der Waals surface area contributed by atoms with Crippen molar-refractivity contribution in [1.82, 2.24) is 9.21 Å². The molecule has 7 nitrogen and oxygen atoms in total. The topological polar surface area (TPSA) is 84.0 Å². The number of hydrogen-bond donors (Lipinski definition) is 0. The van der Waals surface area contributed by atoms with E-state index < -0.39 is 15.8 Å². The monoisotopic (exact) mass is 484 g/mol. The van der Waals surface area contributed by atoms with Crippen molar-refractivity contribution in [3.05, 3.63) is 58.3 Å². The Morgan fingerprint density at radius 1 is 1.14 bits per heavy atom. The number of nitrogens with zero attached hydrogens (tertiary/aromatic N) is 2. The SMILES string of the molecule is O=Cc1cc(Br)ccc1OCC(=O)N1CCN(S(=O)(=O)c2ccccc2F)CC1. The van der Waals surface area contributed by atoms with E-state index in [4.69, 9.17) is 4.74 Å². The number of benzene rings is 2. The molecule has 0 bridgehead atoms. The number of halogens is 2. The molecule has 1 fully saturated rings. The Hall–Kier alpha value is -2.30. The van der Waals surface area contributed by atoms with Gasteiger partial charge in [0.1, 0.15) is 16.5 Å². The van der Waals surface area contributed by atoms with Crippen molar-refractivity contribution in [2.45, 2.75) is 4.90 Å². The molecule has 0 aliphatic carbocycles. The summed E-state index contributed by atoms with van der Waals surface area (Å²) in [5, 5.41) is 0. The van der Waals surface area contributed by atoms with Gasteiger partial charge in [-0.2, -0.15) is 4.31 Å². The minimum Gasteiger partial charge on any atom is -0.483 e. The van der Waals surface area contributed by atoms with Crippen LogP contribution in [0.1, 0.15) is 10.4 Å². The Bertz CT molecular complexity index is 1020. The molecule has 1 aliphatic rings. The van der Waals surface area contributed by atoms with Gasteiger partial charge in [0.15, 0.2) is 12.9 Å². The highest BCUT2D eigenvalue weighted by Gasteiger charge is 2.31. The standard InChI is InChI=1S/C19H18BrFN2O5S/c20-15-5-6-17(14(11-15)12-24)28-13-19(25)22-7-9-23(10-8-22)29(26,27)18-4-2-1-3-16(18)21/h1-6,11-12H,7-10,13H2. The van der Waals surface area contributed by atoms with Gasteiger partial charge in [0.25, 0.3) is 5.91 Å². The van der Waals surface area contributed by atoms with Crippen LogP contribution in [0.2, 0.25) is 0 Å². The maximum absolute atomic E-state index is 13.9. The van der Waals surface area contributed by atoms with E-state index in [0.29, 0.717) is 16.3 Å². The summed E-state index contributed by atoms with van der Waals surface area (Å²) in [6, 6.07) is 10.1. The average molecular weight is 485 g/mol. The van der Waals surface area contributed by atoms with Crippen LogP contribution in [0.25, 0.3) is 0 Å². The van der Waals surface area contributed by atoms with Crippen LogP contribution in [0.3, 0.4) is 0 Å². The summed E-state index contributed by atoms with van der Waals surface area (Å²) < 4.78 is 46.4. The van der Waals surface area contributed by atoms with Crippen LogP contribution in [0, 0.1) is 5.82 Å². The van der Waals surface area contributed by atoms with E-state index in [1.165, 1.54) is 23.1 Å². The number of piperazine rings is 1. The number of rotatable bonds is 6. The minimum absolute atomic E-state index is 0.0558. The van der Waals surface area contributed by atoms with Gasteiger partial charge in [-0.05, 0) is 30.3 Å². The molecule has 10 heteroatoms. The molecular weight excluding hydrogens is 467 g/mol. The van der Waals surface area contributed by atoms with E-state index in [-0.39, 0.29) is 49.3 Å². The lowest BCUT2D eigenvalue weighted by molar-refractivity contribution is -0.134. The van der Waals surface area contributed by atoms with Crippen molar-refractivity contribution in [2.75, 3.05) is 32.8 Å². The summed E-state index contributed by atoms with van der Waals surface area (Å²) >= 11 is 3.26. The van der Waals surface area contributed by atoms with E-state index in [2.05, 4.69) is 15.9 Å². The maximum atomic E-state index is 13.9. The Kier molecular flexibility index (Phi) is 6.66. The first-order valence-electron chi connectivity index (χ1n) is 8.73. The first kappa shape index (κ1) is 21.4. The zero-order valence-electron chi connectivity index (χ0n) is 15.3. The van der Waals surface area contributed by atoms with Crippen LogP contribution < -0.4 is 4.74 Å². The highest BCUT2D eigenvalue weighted by Crippen LogP contribution is 2.23. The van der Waals surface area contributed by atoms with E-state index in [0.717, 1.165) is 10.4 Å². The zero-order chi connectivity index (χ0) is 21.0. The lowest BCUT2D eigenvalue weighted by atomic mass is 10.2. The molecule has 0 atom stereocenters. The van der Waals surface area contributed by atoms with Crippen LogP contribution in [-0.2, 0) is 14.8 Å². The molecule has 0 radical (unpaired) electrons. The highest BCUT2D eigenvalue weighted by atomic mass is 79.9. The van der Waals surface area contributed by atoms with Crippen LogP contribution in [0.15, 0.2) is 51.8 Å². The summed E-state index contributed by atoms with van der Waals surface area (Å²) in [6.07, 6.45) is 0.636. The van der Waals surface area contributed by atoms with Crippen molar-refractivity contribution in [3.8, 4) is 5.75 Å². The van der Waals surface area contributed by atoms with Gasteiger partial charge >= 0.3 is 0 Å². The summed E-state index contributed by atoms with van der Waals surface area (Å²) in [6.45, 7) is 0.163. The van der Waals surface area contributed by atoms with Gasteiger partial charge in [0, 0.05) is 30.7 Å². The summed E-state index contributed by atoms with van der Waals surface area (Å²) in [5.41, 5.74) is 0.313. The highest BCUT2D eigenvalue weighted by molar-refractivity contribution is 9.10. The first-order chi connectivity index (χ1) is 13.8. The molecule has 0 saturated carbocycles. The van der Waals surface area contributed by atoms with Crippen LogP contribution in [0.5, 0.6) is 5.75 Å². The van der Waals surface area contributed by atoms with Crippen molar-refractivity contribution in [3.63, 3.8) is 0 Å². The molecule has 2 aromatic carbocycles. The number of hydrogen-bond acceptors (Lipinski definition) is 5. The largest absolute Gasteiger partial charge is 0.483 e. The summed E-state index contributed by atoms with van der Waals surface area (Å²) in [7, 11) is -3.96. The molecule has 1 saturated heterocycles. The molecule has 2 aromatic rings. The summed E-state index contributed by atoms with van der Waals surface area (Å²) in [5.74, 6) is -0.843. The van der Waals surface area contributed by atoms with E-state index in [1.54, 1.807) is 18.2 Å². The normalized spacial score (nSPS) is 15.2. The molecule has 0 aromatic heterocycles. The molecule has 0 N–H and O–H groups in total. The van der Waals surface area contributed by atoms with Crippen molar-refractivity contribution in [2.24, 2.45) is 0 Å². The number of ether oxygens (including phenoxy) is 1. The molecule has 1 amide bonds. The molecule has 1 aliphatic heterocycles. The van der Waals surface area contributed by atoms with E-state index in [9.17, 15) is 22.4 Å². The smallest absolute Gasteiger partial charge is 0.260 e. The van der Waals surface area contributed by atoms with Crippen LogP contribution in [-0.4, -0.2) is 62.6 Å². The van der Waals surface area contributed by atoms with Gasteiger partial charge in [-0.3, -0.25) is 9.59 Å². The van der Waals surface area contributed by atoms with Crippen LogP contribution in [0.4, 0.5) is 4.39 Å². The average Bonchev–Trinajstić information content (AvgIpc) is 2.72. The van der Waals surface area contributed by atoms with Crippen molar-refractivity contribution >= 4 is 38.1 Å². The molecule has 0 spiro atoms. The second kappa shape index (κ2) is 9.02. The van der Waals surface area contributed by atoms with Gasteiger partial charge < -0.3 is 9.64 Å². The van der Waals surface area contributed by atoms with Gasteiger partial charge in [0.2, 0.25) is 10.0 Å². The number of carbonyl (C=O) groups excluding carboxylic acids is 2. The Balaban J connectivity index is 1.59. The number of sulfonamides is 1. The molecule has 0 unspecified atom stereocenters. The van der Waals surface area contributed by atoms with Gasteiger partial charge in [-0.15, -0.1) is 0 Å². The second-order valence-electron chi connectivity index (χ2n) is 6.30. The number of carbonyl (C=O) groups is 2. The fraction of sp³-hybridized carbons (Fsp3) is 0.263. The first-order valence-corrected chi connectivity index (χ1v) is 11.0. The molecule has 29 heavy (non-hydrogen) atoms. The Labute approximate surface area is 176 Å². The number of aldehydes is 1. The van der Waals surface area contributed by atoms with Crippen molar-refractivity contribution in [1.29, 1.82) is 0 Å². The Morgan fingerprint density at radius 3 is 2.48 bits per heavy atom. The quantitative estimate of drug-likeness (QED) is 0.587. The third-order valence-electron chi connectivity index (χ3n) is 4.50. The third kappa shape index (κ3) is 4.82. The predicted octanol–water partition coefficient (Wildman–Crippen LogP) is 2.31. The lowest BCUT2D eigenvalue weighted by Crippen LogP contribution is -2.51. The third-order valence-corrected chi connectivity index (χ3v) is 6.92. The van der Waals surface area contributed by atoms with Crippen molar-refractivity contribution < 1.29 is 27.1 Å². The molecular formula is C19H18BrFN2O5S. The van der Waals surface area contributed by atoms with Gasteiger partial charge in [-0.1, -0.05) is 28.1 Å². The van der Waals surface area contributed by atoms with Crippen LogP contribution >= 0.6 is 15.9 Å². The fourth-order valence-corrected chi connectivity index (χ4v) is 4.81. The Morgan fingerprint density at radius 2 is 1.83 bits per heavy atom. The summed E-state index contributed by atoms with van der Waals surface area (Å²) in [4.78, 5) is 24.6. The number of amides is 1. The van der Waals surface area contributed by atoms with Gasteiger partial charge in [0.05, 0.1) is 5.56 Å². The fourth-order valence-electron chi connectivity index (χ4n) is 2.94. The van der Waals surface area contributed by atoms with E-state index >= 15 is 0 Å². The molecule has 1 heterocycles. The lowest BCUT2D eigenvalue weighted by Gasteiger charge is -2.34. The van der Waals surface area contributed by atoms with Gasteiger partial charge in [-0.25, -0.2) is 12.8 Å². The molecule has 154 valence electrons. The second-order valence-corrected chi connectivity index (χ2v) is 9.13. The zero-order valence-corrected chi connectivity index (χ0v) is 17.7. The molecule has 3 rings (SSSR count). The predicted molar refractivity (Wildman–Crippen MR) is 107 cm³/mol.